The Kier molecular flexibility index (Phi) is 6.07. The number of carbonyl (C=O) groups excluding carboxylic acids is 3. The Morgan fingerprint density at radius 1 is 1.25 bits per heavy atom. The van der Waals surface area contributed by atoms with E-state index in [2.05, 4.69) is 21.2 Å². The van der Waals surface area contributed by atoms with Crippen LogP contribution in [0.3, 0.4) is 0 Å². The summed E-state index contributed by atoms with van der Waals surface area (Å²) in [5.41, 5.74) is 0.0615. The van der Waals surface area contributed by atoms with Crippen LogP contribution < -0.4 is 10.6 Å². The van der Waals surface area contributed by atoms with Crippen LogP contribution in [-0.2, 0) is 16.1 Å². The molecule has 0 saturated carbocycles. The zero-order valence-electron chi connectivity index (χ0n) is 12.2. The van der Waals surface area contributed by atoms with Gasteiger partial charge in [0.25, 0.3) is 5.91 Å². The lowest BCUT2D eigenvalue weighted by atomic mass is 10.2. The molecule has 0 aliphatic carbocycles. The van der Waals surface area contributed by atoms with Gasteiger partial charge in [0.05, 0.1) is 18.4 Å². The molecule has 2 rings (SSSR count). The summed E-state index contributed by atoms with van der Waals surface area (Å²) in [5.74, 6) is -1.64. The molecule has 2 aromatic rings. The van der Waals surface area contributed by atoms with Gasteiger partial charge in [0.15, 0.2) is 6.61 Å². The molecule has 0 unspecified atom stereocenters. The summed E-state index contributed by atoms with van der Waals surface area (Å²) in [7, 11) is 0. The minimum absolute atomic E-state index is 0.0615. The molecule has 7 nitrogen and oxygen atoms in total. The molecule has 0 atom stereocenters. The fourth-order valence-electron chi connectivity index (χ4n) is 1.65. The predicted octanol–water partition coefficient (Wildman–Crippen LogP) is 2.36. The smallest absolute Gasteiger partial charge is 0.339 e. The van der Waals surface area contributed by atoms with E-state index in [1.165, 1.54) is 12.3 Å². The Balaban J connectivity index is 1.75. The van der Waals surface area contributed by atoms with Crippen LogP contribution in [0.2, 0.25) is 0 Å². The third-order valence-corrected chi connectivity index (χ3v) is 3.40. The predicted molar refractivity (Wildman–Crippen MR) is 83.5 cm³/mol. The molecule has 1 aromatic heterocycles. The summed E-state index contributed by atoms with van der Waals surface area (Å²) >= 11 is 3.02. The average molecular weight is 399 g/mol. The van der Waals surface area contributed by atoms with Gasteiger partial charge in [0, 0.05) is 4.47 Å². The Labute approximate surface area is 144 Å². The summed E-state index contributed by atoms with van der Waals surface area (Å²) in [4.78, 5) is 34.8. The molecule has 1 aromatic carbocycles. The Hall–Kier alpha value is -2.68. The summed E-state index contributed by atoms with van der Waals surface area (Å²) in [5, 5.41) is 4.39. The van der Waals surface area contributed by atoms with Gasteiger partial charge in [-0.15, -0.1) is 0 Å². The Morgan fingerprint density at radius 3 is 2.71 bits per heavy atom. The van der Waals surface area contributed by atoms with E-state index in [0.717, 1.165) is 12.1 Å². The average Bonchev–Trinajstić information content (AvgIpc) is 3.04. The van der Waals surface area contributed by atoms with Crippen molar-refractivity contribution in [2.45, 2.75) is 6.54 Å². The Bertz CT molecular complexity index is 748. The van der Waals surface area contributed by atoms with Gasteiger partial charge < -0.3 is 14.5 Å². The van der Waals surface area contributed by atoms with Crippen LogP contribution in [0.25, 0.3) is 0 Å². The first-order chi connectivity index (χ1) is 11.5. The van der Waals surface area contributed by atoms with Crippen molar-refractivity contribution in [3.05, 3.63) is 58.2 Å². The highest BCUT2D eigenvalue weighted by Crippen LogP contribution is 2.18. The van der Waals surface area contributed by atoms with Gasteiger partial charge in [0.2, 0.25) is 0 Å². The molecule has 0 fully saturated rings. The summed E-state index contributed by atoms with van der Waals surface area (Å²) in [6.45, 7) is -0.550. The molecule has 0 aliphatic rings. The van der Waals surface area contributed by atoms with Crippen molar-refractivity contribution in [3.63, 3.8) is 0 Å². The molecule has 0 spiro atoms. The highest BCUT2D eigenvalue weighted by molar-refractivity contribution is 9.10. The number of halogens is 2. The van der Waals surface area contributed by atoms with Crippen molar-refractivity contribution in [3.8, 4) is 0 Å². The maximum Gasteiger partial charge on any atom is 0.339 e. The van der Waals surface area contributed by atoms with E-state index in [0.29, 0.717) is 5.76 Å². The molecule has 126 valence electrons. The van der Waals surface area contributed by atoms with Crippen LogP contribution in [0.1, 0.15) is 16.1 Å². The lowest BCUT2D eigenvalue weighted by Gasteiger charge is -2.07. The number of esters is 1. The summed E-state index contributed by atoms with van der Waals surface area (Å²) in [6, 6.07) is 5.96. The minimum atomic E-state index is -0.826. The highest BCUT2D eigenvalue weighted by Gasteiger charge is 2.15. The lowest BCUT2D eigenvalue weighted by Crippen LogP contribution is -2.41. The molecule has 9 heteroatoms. The number of rotatable bonds is 5. The summed E-state index contributed by atoms with van der Waals surface area (Å²) in [6.07, 6.45) is 1.45. The minimum Gasteiger partial charge on any atom is -0.467 e. The number of amides is 3. The number of ether oxygens (including phenoxy) is 1. The van der Waals surface area contributed by atoms with Crippen LogP contribution in [-0.4, -0.2) is 24.5 Å². The third kappa shape index (κ3) is 5.20. The van der Waals surface area contributed by atoms with Crippen molar-refractivity contribution in [2.75, 3.05) is 6.61 Å². The van der Waals surface area contributed by atoms with Gasteiger partial charge in [-0.1, -0.05) is 0 Å². The first-order valence-electron chi connectivity index (χ1n) is 6.68. The SMILES string of the molecule is O=C(COC(=O)c1ccc(F)cc1Br)NC(=O)NCc1ccco1. The van der Waals surface area contributed by atoms with E-state index in [9.17, 15) is 18.8 Å². The number of hydrogen-bond donors (Lipinski definition) is 2. The van der Waals surface area contributed by atoms with E-state index < -0.39 is 30.3 Å². The molecule has 2 N–H and O–H groups in total. The fraction of sp³-hybridized carbons (Fsp3) is 0.133. The van der Waals surface area contributed by atoms with Crippen molar-refractivity contribution in [2.24, 2.45) is 0 Å². The van der Waals surface area contributed by atoms with Crippen LogP contribution in [0.5, 0.6) is 0 Å². The van der Waals surface area contributed by atoms with E-state index in [1.807, 2.05) is 5.32 Å². The van der Waals surface area contributed by atoms with Crippen molar-refractivity contribution >= 4 is 33.8 Å². The first-order valence-corrected chi connectivity index (χ1v) is 7.47. The van der Waals surface area contributed by atoms with Gasteiger partial charge in [-0.3, -0.25) is 10.1 Å². The second-order valence-corrected chi connectivity index (χ2v) is 5.36. The first kappa shape index (κ1) is 17.7. The molecule has 0 bridgehead atoms. The molecule has 24 heavy (non-hydrogen) atoms. The van der Waals surface area contributed by atoms with Gasteiger partial charge >= 0.3 is 12.0 Å². The maximum atomic E-state index is 12.9. The zero-order valence-corrected chi connectivity index (χ0v) is 13.8. The topological polar surface area (TPSA) is 97.6 Å². The van der Waals surface area contributed by atoms with E-state index in [-0.39, 0.29) is 16.6 Å². The summed E-state index contributed by atoms with van der Waals surface area (Å²) < 4.78 is 22.9. The largest absolute Gasteiger partial charge is 0.467 e. The van der Waals surface area contributed by atoms with Gasteiger partial charge in [-0.05, 0) is 46.3 Å². The lowest BCUT2D eigenvalue weighted by molar-refractivity contribution is -0.123. The molecule has 0 radical (unpaired) electrons. The van der Waals surface area contributed by atoms with E-state index >= 15 is 0 Å². The van der Waals surface area contributed by atoms with Crippen LogP contribution in [0.15, 0.2) is 45.5 Å². The molecule has 1 heterocycles. The third-order valence-electron chi connectivity index (χ3n) is 2.74. The van der Waals surface area contributed by atoms with Crippen LogP contribution in [0.4, 0.5) is 9.18 Å². The van der Waals surface area contributed by atoms with Gasteiger partial charge in [-0.2, -0.15) is 0 Å². The normalized spacial score (nSPS) is 10.1. The molecular formula is C15H12BrFN2O5. The standard InChI is InChI=1S/C15H12BrFN2O5/c16-12-6-9(17)3-4-11(12)14(21)24-8-13(20)19-15(22)18-7-10-2-1-5-23-10/h1-6H,7-8H2,(H2,18,19,20,22). The molecular weight excluding hydrogens is 387 g/mol. The second kappa shape index (κ2) is 8.25. The number of imide groups is 1. The number of carbonyl (C=O) groups is 3. The maximum absolute atomic E-state index is 12.9. The molecule has 0 aliphatic heterocycles. The second-order valence-electron chi connectivity index (χ2n) is 4.51. The Morgan fingerprint density at radius 2 is 2.04 bits per heavy atom. The molecule has 3 amide bonds. The van der Waals surface area contributed by atoms with Crippen molar-refractivity contribution in [1.82, 2.24) is 10.6 Å². The fourth-order valence-corrected chi connectivity index (χ4v) is 2.16. The van der Waals surface area contributed by atoms with Crippen LogP contribution in [0, 0.1) is 5.82 Å². The van der Waals surface area contributed by atoms with E-state index in [4.69, 9.17) is 9.15 Å². The van der Waals surface area contributed by atoms with Crippen molar-refractivity contribution < 1.29 is 27.9 Å². The monoisotopic (exact) mass is 398 g/mol. The molecule has 0 saturated heterocycles. The van der Waals surface area contributed by atoms with Gasteiger partial charge in [-0.25, -0.2) is 14.0 Å². The number of benzene rings is 1. The zero-order chi connectivity index (χ0) is 17.5. The van der Waals surface area contributed by atoms with Crippen molar-refractivity contribution in [1.29, 1.82) is 0 Å². The van der Waals surface area contributed by atoms with Gasteiger partial charge in [0.1, 0.15) is 11.6 Å². The number of hydrogen-bond acceptors (Lipinski definition) is 5. The highest BCUT2D eigenvalue weighted by atomic mass is 79.9. The van der Waals surface area contributed by atoms with Crippen LogP contribution >= 0.6 is 15.9 Å². The number of urea groups is 1. The quantitative estimate of drug-likeness (QED) is 0.753. The number of nitrogens with one attached hydrogen (secondary N) is 2. The van der Waals surface area contributed by atoms with E-state index in [1.54, 1.807) is 12.1 Å². The number of furan rings is 1.